The van der Waals surface area contributed by atoms with Gasteiger partial charge >= 0.3 is 0 Å². The lowest BCUT2D eigenvalue weighted by molar-refractivity contribution is 0.414. The van der Waals surface area contributed by atoms with Crippen molar-refractivity contribution in [1.82, 2.24) is 0 Å². The van der Waals surface area contributed by atoms with Gasteiger partial charge in [0, 0.05) is 4.47 Å². The zero-order chi connectivity index (χ0) is 18.6. The minimum absolute atomic E-state index is 0.220. The molecule has 26 heavy (non-hydrogen) atoms. The summed E-state index contributed by atoms with van der Waals surface area (Å²) in [7, 11) is -2.10. The molecule has 134 valence electrons. The molecule has 0 aliphatic carbocycles. The Hall–Kier alpha value is -2.31. The fourth-order valence-corrected chi connectivity index (χ4v) is 4.42. The van der Waals surface area contributed by atoms with E-state index in [-0.39, 0.29) is 11.4 Å². The second-order valence-corrected chi connectivity index (χ2v) is 8.43. The third-order valence-electron chi connectivity index (χ3n) is 3.91. The smallest absolute Gasteiger partial charge is 0.264 e. The summed E-state index contributed by atoms with van der Waals surface area (Å²) in [6, 6.07) is 23.1. The highest BCUT2D eigenvalue weighted by Crippen LogP contribution is 2.28. The van der Waals surface area contributed by atoms with E-state index < -0.39 is 10.0 Å². The monoisotopic (exact) mass is 431 g/mol. The number of methoxy groups -OCH3 is 1. The summed E-state index contributed by atoms with van der Waals surface area (Å²) >= 11 is 3.42. The Balaban J connectivity index is 2.04. The van der Waals surface area contributed by atoms with Gasteiger partial charge in [0.25, 0.3) is 10.0 Å². The van der Waals surface area contributed by atoms with E-state index in [4.69, 9.17) is 4.74 Å². The summed E-state index contributed by atoms with van der Waals surface area (Å²) in [6.45, 7) is 0.220. The number of anilines is 1. The van der Waals surface area contributed by atoms with Gasteiger partial charge in [-0.05, 0) is 48.0 Å². The van der Waals surface area contributed by atoms with Crippen molar-refractivity contribution in [3.63, 3.8) is 0 Å². The maximum Gasteiger partial charge on any atom is 0.264 e. The third kappa shape index (κ3) is 4.08. The minimum Gasteiger partial charge on any atom is -0.497 e. The number of sulfonamides is 1. The van der Waals surface area contributed by atoms with E-state index in [1.54, 1.807) is 49.6 Å². The SMILES string of the molecule is COc1ccc(CN(c2cccc(Br)c2)S(=O)(=O)c2ccccc2)cc1. The predicted octanol–water partition coefficient (Wildman–Crippen LogP) is 4.85. The first-order valence-electron chi connectivity index (χ1n) is 7.97. The average Bonchev–Trinajstić information content (AvgIpc) is 2.67. The Morgan fingerprint density at radius 3 is 2.23 bits per heavy atom. The van der Waals surface area contributed by atoms with E-state index in [1.165, 1.54) is 4.31 Å². The summed E-state index contributed by atoms with van der Waals surface area (Å²) in [5.41, 5.74) is 1.46. The summed E-state index contributed by atoms with van der Waals surface area (Å²) in [6.07, 6.45) is 0. The third-order valence-corrected chi connectivity index (χ3v) is 6.19. The molecule has 0 N–H and O–H groups in total. The number of nitrogens with zero attached hydrogens (tertiary/aromatic N) is 1. The highest BCUT2D eigenvalue weighted by Gasteiger charge is 2.25. The average molecular weight is 432 g/mol. The van der Waals surface area contributed by atoms with Crippen molar-refractivity contribution < 1.29 is 13.2 Å². The van der Waals surface area contributed by atoms with Crippen molar-refractivity contribution in [1.29, 1.82) is 0 Å². The van der Waals surface area contributed by atoms with Crippen LogP contribution in [-0.4, -0.2) is 15.5 Å². The van der Waals surface area contributed by atoms with Gasteiger partial charge in [0.05, 0.1) is 24.2 Å². The van der Waals surface area contributed by atoms with Crippen LogP contribution in [0.1, 0.15) is 5.56 Å². The van der Waals surface area contributed by atoms with Gasteiger partial charge < -0.3 is 4.74 Å². The number of halogens is 1. The first-order valence-corrected chi connectivity index (χ1v) is 10.2. The zero-order valence-corrected chi connectivity index (χ0v) is 16.6. The van der Waals surface area contributed by atoms with Crippen LogP contribution in [0.3, 0.4) is 0 Å². The number of hydrogen-bond acceptors (Lipinski definition) is 3. The van der Waals surface area contributed by atoms with Crippen LogP contribution in [0.25, 0.3) is 0 Å². The number of benzene rings is 3. The summed E-state index contributed by atoms with van der Waals surface area (Å²) in [5, 5.41) is 0. The highest BCUT2D eigenvalue weighted by atomic mass is 79.9. The molecule has 0 atom stereocenters. The van der Waals surface area contributed by atoms with E-state index in [2.05, 4.69) is 15.9 Å². The molecule has 3 rings (SSSR count). The number of rotatable bonds is 6. The number of ether oxygens (including phenoxy) is 1. The molecular formula is C20H18BrNO3S. The molecule has 0 aliphatic rings. The van der Waals surface area contributed by atoms with E-state index in [9.17, 15) is 8.42 Å². The van der Waals surface area contributed by atoms with Crippen molar-refractivity contribution >= 4 is 31.6 Å². The fraction of sp³-hybridized carbons (Fsp3) is 0.100. The first kappa shape index (κ1) is 18.5. The van der Waals surface area contributed by atoms with E-state index >= 15 is 0 Å². The molecule has 0 radical (unpaired) electrons. The lowest BCUT2D eigenvalue weighted by atomic mass is 10.2. The molecule has 6 heteroatoms. The van der Waals surface area contributed by atoms with Gasteiger partial charge in [-0.2, -0.15) is 0 Å². The minimum atomic E-state index is -3.70. The Bertz CT molecular complexity index is 973. The van der Waals surface area contributed by atoms with E-state index in [0.29, 0.717) is 5.69 Å². The summed E-state index contributed by atoms with van der Waals surface area (Å²) < 4.78 is 33.9. The zero-order valence-electron chi connectivity index (χ0n) is 14.2. The lowest BCUT2D eigenvalue weighted by Gasteiger charge is -2.25. The quantitative estimate of drug-likeness (QED) is 0.559. The Morgan fingerprint density at radius 1 is 0.923 bits per heavy atom. The van der Waals surface area contributed by atoms with Gasteiger partial charge in [0.2, 0.25) is 0 Å². The molecule has 0 spiro atoms. The molecule has 4 nitrogen and oxygen atoms in total. The second-order valence-electron chi connectivity index (χ2n) is 5.65. The molecule has 0 heterocycles. The van der Waals surface area contributed by atoms with Crippen molar-refractivity contribution in [2.24, 2.45) is 0 Å². The van der Waals surface area contributed by atoms with E-state index in [1.807, 2.05) is 36.4 Å². The largest absolute Gasteiger partial charge is 0.497 e. The van der Waals surface area contributed by atoms with Gasteiger partial charge in [-0.3, -0.25) is 4.31 Å². The van der Waals surface area contributed by atoms with E-state index in [0.717, 1.165) is 15.8 Å². The van der Waals surface area contributed by atoms with Crippen molar-refractivity contribution in [3.05, 3.63) is 88.9 Å². The fourth-order valence-electron chi connectivity index (χ4n) is 2.56. The van der Waals surface area contributed by atoms with Gasteiger partial charge in [-0.25, -0.2) is 8.42 Å². The Labute approximate surface area is 162 Å². The first-order chi connectivity index (χ1) is 12.5. The standard InChI is InChI=1S/C20H18BrNO3S/c1-25-19-12-10-16(11-13-19)15-22(18-7-5-6-17(21)14-18)26(23,24)20-8-3-2-4-9-20/h2-14H,15H2,1H3. The number of hydrogen-bond donors (Lipinski definition) is 0. The molecule has 0 aromatic heterocycles. The maximum atomic E-state index is 13.3. The molecule has 0 amide bonds. The Morgan fingerprint density at radius 2 is 1.62 bits per heavy atom. The topological polar surface area (TPSA) is 46.6 Å². The van der Waals surface area contributed by atoms with Crippen LogP contribution in [0.5, 0.6) is 5.75 Å². The van der Waals surface area contributed by atoms with Crippen LogP contribution in [0.15, 0.2) is 88.2 Å². The van der Waals surface area contributed by atoms with Gasteiger partial charge in [-0.15, -0.1) is 0 Å². The van der Waals surface area contributed by atoms with Gasteiger partial charge in [0.1, 0.15) is 5.75 Å². The van der Waals surface area contributed by atoms with Crippen LogP contribution in [0.2, 0.25) is 0 Å². The van der Waals surface area contributed by atoms with Gasteiger partial charge in [-0.1, -0.05) is 52.3 Å². The van der Waals surface area contributed by atoms with Crippen LogP contribution in [-0.2, 0) is 16.6 Å². The van der Waals surface area contributed by atoms with Crippen LogP contribution < -0.4 is 9.04 Å². The molecule has 0 bridgehead atoms. The van der Waals surface area contributed by atoms with Crippen LogP contribution >= 0.6 is 15.9 Å². The normalized spacial score (nSPS) is 11.2. The molecule has 0 unspecified atom stereocenters. The summed E-state index contributed by atoms with van der Waals surface area (Å²) in [4.78, 5) is 0.258. The predicted molar refractivity (Wildman–Crippen MR) is 107 cm³/mol. The molecule has 0 aliphatic heterocycles. The maximum absolute atomic E-state index is 13.3. The van der Waals surface area contributed by atoms with Crippen LogP contribution in [0.4, 0.5) is 5.69 Å². The highest BCUT2D eigenvalue weighted by molar-refractivity contribution is 9.10. The van der Waals surface area contributed by atoms with Crippen molar-refractivity contribution in [3.8, 4) is 5.75 Å². The second kappa shape index (κ2) is 7.93. The van der Waals surface area contributed by atoms with Gasteiger partial charge in [0.15, 0.2) is 0 Å². The molecule has 0 saturated heterocycles. The van der Waals surface area contributed by atoms with Crippen molar-refractivity contribution in [2.45, 2.75) is 11.4 Å². The van der Waals surface area contributed by atoms with Crippen molar-refractivity contribution in [2.75, 3.05) is 11.4 Å². The van der Waals surface area contributed by atoms with Crippen LogP contribution in [0, 0.1) is 0 Å². The molecule has 0 fully saturated rings. The molecule has 3 aromatic carbocycles. The molecule has 0 saturated carbocycles. The molecule has 3 aromatic rings. The molecular weight excluding hydrogens is 414 g/mol. The Kier molecular flexibility index (Phi) is 5.64. The summed E-state index contributed by atoms with van der Waals surface area (Å²) in [5.74, 6) is 0.730. The lowest BCUT2D eigenvalue weighted by Crippen LogP contribution is -2.30.